The van der Waals surface area contributed by atoms with Gasteiger partial charge in [0, 0.05) is 5.69 Å². The van der Waals surface area contributed by atoms with Crippen LogP contribution in [0.2, 0.25) is 0 Å². The molecule has 0 saturated carbocycles. The number of nitrogens with zero attached hydrogens (tertiary/aromatic N) is 1. The highest BCUT2D eigenvalue weighted by atomic mass is 35.5. The molecule has 0 atom stereocenters. The van der Waals surface area contributed by atoms with Gasteiger partial charge >= 0.3 is 0 Å². The molecule has 1 heterocycles. The number of amides is 1. The molecule has 0 saturated heterocycles. The van der Waals surface area contributed by atoms with Gasteiger partial charge in [-0.05, 0) is 42.1 Å². The summed E-state index contributed by atoms with van der Waals surface area (Å²) >= 11 is 6.38. The van der Waals surface area contributed by atoms with E-state index in [2.05, 4.69) is 11.9 Å². The van der Waals surface area contributed by atoms with Gasteiger partial charge in [-0.3, -0.25) is 4.79 Å². The summed E-state index contributed by atoms with van der Waals surface area (Å²) in [5.41, 5.74) is 8.13. The molecule has 160 valence electrons. The lowest BCUT2D eigenvalue weighted by Gasteiger charge is -2.33. The zero-order chi connectivity index (χ0) is 22.5. The molecule has 0 aliphatic carbocycles. The molecule has 3 rings (SSSR count). The van der Waals surface area contributed by atoms with Crippen molar-refractivity contribution in [3.63, 3.8) is 0 Å². The molecule has 1 aliphatic rings. The van der Waals surface area contributed by atoms with Crippen molar-refractivity contribution in [2.24, 2.45) is 5.73 Å². The number of anilines is 2. The van der Waals surface area contributed by atoms with Gasteiger partial charge in [0.1, 0.15) is 20.3 Å². The highest BCUT2D eigenvalue weighted by Gasteiger charge is 2.26. The first-order valence-electron chi connectivity index (χ1n) is 9.54. The Bertz CT molecular complexity index is 1090. The molecule has 0 radical (unpaired) electrons. The second-order valence-electron chi connectivity index (χ2n) is 6.91. The van der Waals surface area contributed by atoms with E-state index in [0.717, 1.165) is 0 Å². The molecule has 0 unspecified atom stereocenters. The van der Waals surface area contributed by atoms with Crippen LogP contribution >= 0.6 is 11.6 Å². The number of nitrogens with one attached hydrogen (secondary N) is 1. The minimum Gasteiger partial charge on any atom is -0.489 e. The molecule has 9 heteroatoms. The minimum absolute atomic E-state index is 0.260. The SMILES string of the molecule is Bc1ccc(NC(=O)c2cccc3c2OCCN3C(=C)/C(Cl)=C\C(=C/N)CO)cc1F. The summed E-state index contributed by atoms with van der Waals surface area (Å²) < 4.78 is 19.6. The summed E-state index contributed by atoms with van der Waals surface area (Å²) in [6.07, 6.45) is 2.79. The van der Waals surface area contributed by atoms with Crippen molar-refractivity contribution in [3.05, 3.63) is 82.9 Å². The predicted molar refractivity (Wildman–Crippen MR) is 124 cm³/mol. The van der Waals surface area contributed by atoms with Gasteiger partial charge in [-0.2, -0.15) is 0 Å². The number of hydrogen-bond acceptors (Lipinski definition) is 5. The molecular formula is C22H22BClFN3O3. The number of aliphatic hydroxyl groups is 1. The fourth-order valence-corrected chi connectivity index (χ4v) is 3.34. The van der Waals surface area contributed by atoms with E-state index < -0.39 is 11.7 Å². The quantitative estimate of drug-likeness (QED) is 0.471. The molecular weight excluding hydrogens is 420 g/mol. The van der Waals surface area contributed by atoms with E-state index >= 15 is 0 Å². The Kier molecular flexibility index (Phi) is 7.04. The third-order valence-electron chi connectivity index (χ3n) is 4.83. The number of rotatable bonds is 6. The lowest BCUT2D eigenvalue weighted by Crippen LogP contribution is -2.33. The first-order chi connectivity index (χ1) is 14.8. The largest absolute Gasteiger partial charge is 0.489 e. The number of aliphatic hydroxyl groups excluding tert-OH is 1. The lowest BCUT2D eigenvalue weighted by atomic mass is 9.95. The van der Waals surface area contributed by atoms with E-state index in [1.807, 2.05) is 4.90 Å². The number of carbonyl (C=O) groups excluding carboxylic acids is 1. The van der Waals surface area contributed by atoms with Crippen molar-refractivity contribution in [2.45, 2.75) is 0 Å². The Morgan fingerprint density at radius 3 is 2.87 bits per heavy atom. The van der Waals surface area contributed by atoms with E-state index in [1.165, 1.54) is 18.3 Å². The highest BCUT2D eigenvalue weighted by molar-refractivity contribution is 6.32. The smallest absolute Gasteiger partial charge is 0.259 e. The van der Waals surface area contributed by atoms with Crippen molar-refractivity contribution in [2.75, 3.05) is 30.0 Å². The van der Waals surface area contributed by atoms with E-state index in [4.69, 9.17) is 22.1 Å². The van der Waals surface area contributed by atoms with Gasteiger partial charge in [0.25, 0.3) is 5.91 Å². The van der Waals surface area contributed by atoms with Crippen LogP contribution < -0.4 is 26.2 Å². The van der Waals surface area contributed by atoms with Gasteiger partial charge in [-0.15, -0.1) is 0 Å². The van der Waals surface area contributed by atoms with Crippen molar-refractivity contribution in [3.8, 4) is 5.75 Å². The van der Waals surface area contributed by atoms with Crippen LogP contribution in [0.1, 0.15) is 10.4 Å². The van der Waals surface area contributed by atoms with Crippen LogP contribution in [0.4, 0.5) is 15.8 Å². The van der Waals surface area contributed by atoms with E-state index in [1.54, 1.807) is 38.2 Å². The van der Waals surface area contributed by atoms with E-state index in [0.29, 0.717) is 57.6 Å². The number of fused-ring (bicyclic) bond motifs is 1. The zero-order valence-corrected chi connectivity index (χ0v) is 17.7. The standard InChI is InChI=1S/C22H22BClFN3O3/c1-13(18(24)9-14(11-26)12-29)28-7-8-31-21-16(3-2-4-20(21)28)22(30)27-15-5-6-17(23)19(25)10-15/h2-6,9-11,29H,1,7-8,12,23,26H2,(H,27,30)/b14-11+,18-9+. The average molecular weight is 442 g/mol. The molecule has 1 amide bonds. The predicted octanol–water partition coefficient (Wildman–Crippen LogP) is 2.01. The Hall–Kier alpha value is -3.23. The van der Waals surface area contributed by atoms with Crippen molar-refractivity contribution >= 4 is 42.2 Å². The van der Waals surface area contributed by atoms with Crippen LogP contribution in [0.5, 0.6) is 5.75 Å². The Morgan fingerprint density at radius 1 is 1.42 bits per heavy atom. The maximum absolute atomic E-state index is 13.8. The summed E-state index contributed by atoms with van der Waals surface area (Å²) in [7, 11) is 1.65. The number of halogens is 2. The lowest BCUT2D eigenvalue weighted by molar-refractivity contribution is 0.102. The van der Waals surface area contributed by atoms with Crippen LogP contribution in [0.3, 0.4) is 0 Å². The molecule has 6 nitrogen and oxygen atoms in total. The average Bonchev–Trinajstić information content (AvgIpc) is 2.78. The second-order valence-corrected chi connectivity index (χ2v) is 7.32. The Labute approximate surface area is 185 Å². The molecule has 4 N–H and O–H groups in total. The maximum atomic E-state index is 13.8. The van der Waals surface area contributed by atoms with Gasteiger partial charge in [-0.25, -0.2) is 4.39 Å². The van der Waals surface area contributed by atoms with Crippen LogP contribution in [-0.2, 0) is 0 Å². The number of benzene rings is 2. The van der Waals surface area contributed by atoms with Gasteiger partial charge in [-0.1, -0.05) is 35.8 Å². The van der Waals surface area contributed by atoms with Gasteiger partial charge in [0.05, 0.1) is 35.1 Å². The minimum atomic E-state index is -0.428. The van der Waals surface area contributed by atoms with Gasteiger partial charge in [0.15, 0.2) is 5.75 Å². The maximum Gasteiger partial charge on any atom is 0.259 e. The molecule has 2 aromatic carbocycles. The van der Waals surface area contributed by atoms with Gasteiger partial charge in [0.2, 0.25) is 0 Å². The van der Waals surface area contributed by atoms with E-state index in [-0.39, 0.29) is 6.61 Å². The number of hydrogen-bond donors (Lipinski definition) is 3. The van der Waals surface area contributed by atoms with Crippen LogP contribution in [0, 0.1) is 5.82 Å². The van der Waals surface area contributed by atoms with E-state index in [9.17, 15) is 14.3 Å². The zero-order valence-electron chi connectivity index (χ0n) is 17.0. The fourth-order valence-electron chi connectivity index (χ4n) is 3.10. The molecule has 1 aliphatic heterocycles. The van der Waals surface area contributed by atoms with Crippen LogP contribution in [-0.4, -0.2) is 38.6 Å². The Morgan fingerprint density at radius 2 is 2.19 bits per heavy atom. The topological polar surface area (TPSA) is 87.8 Å². The van der Waals surface area contributed by atoms with Crippen molar-refractivity contribution in [1.82, 2.24) is 0 Å². The fraction of sp³-hybridized carbons (Fsp3) is 0.136. The summed E-state index contributed by atoms with van der Waals surface area (Å²) in [5, 5.41) is 12.3. The summed E-state index contributed by atoms with van der Waals surface area (Å²) in [6.45, 7) is 4.54. The van der Waals surface area contributed by atoms with Gasteiger partial charge < -0.3 is 25.8 Å². The Balaban J connectivity index is 1.90. The number of allylic oxidation sites excluding steroid dienone is 1. The molecule has 0 bridgehead atoms. The summed E-state index contributed by atoms with van der Waals surface area (Å²) in [5.74, 6) is -0.453. The highest BCUT2D eigenvalue weighted by Crippen LogP contribution is 2.38. The molecule has 0 aromatic heterocycles. The first kappa shape index (κ1) is 22.5. The molecule has 0 fully saturated rings. The number of nitrogens with two attached hydrogens (primary N) is 1. The monoisotopic (exact) mass is 441 g/mol. The third kappa shape index (κ3) is 4.92. The summed E-state index contributed by atoms with van der Waals surface area (Å²) in [6, 6.07) is 9.63. The van der Waals surface area contributed by atoms with Crippen LogP contribution in [0.25, 0.3) is 0 Å². The number of ether oxygens (including phenoxy) is 1. The molecule has 31 heavy (non-hydrogen) atoms. The van der Waals surface area contributed by atoms with Crippen molar-refractivity contribution in [1.29, 1.82) is 0 Å². The number of carbonyl (C=O) groups is 1. The third-order valence-corrected chi connectivity index (χ3v) is 5.16. The number of para-hydroxylation sites is 1. The second kappa shape index (κ2) is 9.72. The molecule has 2 aromatic rings. The van der Waals surface area contributed by atoms with Crippen molar-refractivity contribution < 1.29 is 19.0 Å². The summed E-state index contributed by atoms with van der Waals surface area (Å²) in [4.78, 5) is 14.7. The molecule has 0 spiro atoms. The normalized spacial score (nSPS) is 14.0. The first-order valence-corrected chi connectivity index (χ1v) is 9.92. The van der Waals surface area contributed by atoms with Crippen LogP contribution in [0.15, 0.2) is 71.6 Å².